The highest BCUT2D eigenvalue weighted by atomic mass is 15.3. The zero-order chi connectivity index (χ0) is 13.0. The molecule has 2 heterocycles. The Morgan fingerprint density at radius 3 is 2.67 bits per heavy atom. The second-order valence-corrected chi connectivity index (χ2v) is 5.27. The van der Waals surface area contributed by atoms with Crippen LogP contribution < -0.4 is 10.6 Å². The average Bonchev–Trinajstić information content (AvgIpc) is 2.40. The fraction of sp³-hybridized carbons (Fsp3) is 0.643. The van der Waals surface area contributed by atoms with Crippen LogP contribution in [0.2, 0.25) is 0 Å². The SMILES string of the molecule is Cc1cccnc1N1CCN(CC(C)CN)CC1. The molecule has 1 aliphatic heterocycles. The maximum absolute atomic E-state index is 5.68. The van der Waals surface area contributed by atoms with Gasteiger partial charge in [-0.1, -0.05) is 13.0 Å². The van der Waals surface area contributed by atoms with Crippen molar-refractivity contribution in [3.63, 3.8) is 0 Å². The van der Waals surface area contributed by atoms with E-state index in [0.717, 1.165) is 45.1 Å². The lowest BCUT2D eigenvalue weighted by molar-refractivity contribution is 0.226. The van der Waals surface area contributed by atoms with Gasteiger partial charge in [0, 0.05) is 38.9 Å². The predicted molar refractivity (Wildman–Crippen MR) is 75.8 cm³/mol. The van der Waals surface area contributed by atoms with Crippen LogP contribution in [0.5, 0.6) is 0 Å². The quantitative estimate of drug-likeness (QED) is 0.867. The van der Waals surface area contributed by atoms with Gasteiger partial charge in [-0.05, 0) is 31.0 Å². The van der Waals surface area contributed by atoms with Crippen molar-refractivity contribution < 1.29 is 0 Å². The maximum Gasteiger partial charge on any atom is 0.131 e. The summed E-state index contributed by atoms with van der Waals surface area (Å²) in [7, 11) is 0. The highest BCUT2D eigenvalue weighted by molar-refractivity contribution is 5.46. The maximum atomic E-state index is 5.68. The van der Waals surface area contributed by atoms with E-state index >= 15 is 0 Å². The summed E-state index contributed by atoms with van der Waals surface area (Å²) in [6, 6.07) is 4.13. The normalized spacial score (nSPS) is 18.9. The summed E-state index contributed by atoms with van der Waals surface area (Å²) in [5.74, 6) is 1.73. The molecule has 0 aromatic carbocycles. The second-order valence-electron chi connectivity index (χ2n) is 5.27. The Labute approximate surface area is 110 Å². The summed E-state index contributed by atoms with van der Waals surface area (Å²) in [5, 5.41) is 0. The minimum Gasteiger partial charge on any atom is -0.354 e. The third-order valence-corrected chi connectivity index (χ3v) is 3.63. The molecular formula is C14H24N4. The number of nitrogens with zero attached hydrogens (tertiary/aromatic N) is 3. The first-order valence-corrected chi connectivity index (χ1v) is 6.79. The van der Waals surface area contributed by atoms with Crippen LogP contribution in [-0.2, 0) is 0 Å². The molecule has 1 aromatic heterocycles. The fourth-order valence-electron chi connectivity index (χ4n) is 2.47. The molecule has 1 fully saturated rings. The molecule has 0 radical (unpaired) electrons. The van der Waals surface area contributed by atoms with Gasteiger partial charge in [-0.15, -0.1) is 0 Å². The minimum atomic E-state index is 0.591. The lowest BCUT2D eigenvalue weighted by Crippen LogP contribution is -2.48. The third-order valence-electron chi connectivity index (χ3n) is 3.63. The molecule has 0 spiro atoms. The molecule has 18 heavy (non-hydrogen) atoms. The van der Waals surface area contributed by atoms with Crippen molar-refractivity contribution in [3.05, 3.63) is 23.9 Å². The van der Waals surface area contributed by atoms with Crippen molar-refractivity contribution in [1.82, 2.24) is 9.88 Å². The van der Waals surface area contributed by atoms with Crippen molar-refractivity contribution >= 4 is 5.82 Å². The van der Waals surface area contributed by atoms with Crippen LogP contribution in [0.3, 0.4) is 0 Å². The van der Waals surface area contributed by atoms with Gasteiger partial charge in [0.15, 0.2) is 0 Å². The van der Waals surface area contributed by atoms with E-state index in [1.807, 2.05) is 12.3 Å². The number of aryl methyl sites for hydroxylation is 1. The average molecular weight is 248 g/mol. The Balaban J connectivity index is 1.89. The monoisotopic (exact) mass is 248 g/mol. The molecule has 0 aliphatic carbocycles. The van der Waals surface area contributed by atoms with Crippen LogP contribution in [0.4, 0.5) is 5.82 Å². The molecule has 2 N–H and O–H groups in total. The Morgan fingerprint density at radius 1 is 1.33 bits per heavy atom. The fourth-order valence-corrected chi connectivity index (χ4v) is 2.47. The van der Waals surface area contributed by atoms with E-state index in [0.29, 0.717) is 5.92 Å². The molecule has 1 atom stereocenters. The Morgan fingerprint density at radius 2 is 2.06 bits per heavy atom. The van der Waals surface area contributed by atoms with E-state index in [2.05, 4.69) is 34.7 Å². The first-order chi connectivity index (χ1) is 8.70. The van der Waals surface area contributed by atoms with Gasteiger partial charge in [0.1, 0.15) is 5.82 Å². The van der Waals surface area contributed by atoms with Crippen LogP contribution in [0.25, 0.3) is 0 Å². The second kappa shape index (κ2) is 6.16. The van der Waals surface area contributed by atoms with Gasteiger partial charge in [-0.25, -0.2) is 4.98 Å². The number of anilines is 1. The lowest BCUT2D eigenvalue weighted by Gasteiger charge is -2.36. The Hall–Kier alpha value is -1.13. The van der Waals surface area contributed by atoms with Gasteiger partial charge in [-0.3, -0.25) is 4.90 Å². The zero-order valence-electron chi connectivity index (χ0n) is 11.5. The molecule has 0 bridgehead atoms. The Bertz CT molecular complexity index is 372. The molecule has 4 heteroatoms. The summed E-state index contributed by atoms with van der Waals surface area (Å²) in [6.07, 6.45) is 1.88. The Kier molecular flexibility index (Phi) is 4.55. The van der Waals surface area contributed by atoms with Crippen LogP contribution in [-0.4, -0.2) is 49.2 Å². The van der Waals surface area contributed by atoms with Gasteiger partial charge < -0.3 is 10.6 Å². The van der Waals surface area contributed by atoms with Crippen molar-refractivity contribution in [1.29, 1.82) is 0 Å². The van der Waals surface area contributed by atoms with Gasteiger partial charge in [0.2, 0.25) is 0 Å². The van der Waals surface area contributed by atoms with Crippen molar-refractivity contribution in [3.8, 4) is 0 Å². The van der Waals surface area contributed by atoms with Crippen LogP contribution in [0, 0.1) is 12.8 Å². The van der Waals surface area contributed by atoms with Crippen molar-refractivity contribution in [2.75, 3.05) is 44.2 Å². The molecule has 100 valence electrons. The molecular weight excluding hydrogens is 224 g/mol. The number of pyridine rings is 1. The number of piperazine rings is 1. The van der Waals surface area contributed by atoms with E-state index in [1.165, 1.54) is 5.56 Å². The van der Waals surface area contributed by atoms with E-state index in [4.69, 9.17) is 5.73 Å². The number of nitrogens with two attached hydrogens (primary N) is 1. The first-order valence-electron chi connectivity index (χ1n) is 6.79. The molecule has 2 rings (SSSR count). The number of hydrogen-bond acceptors (Lipinski definition) is 4. The van der Waals surface area contributed by atoms with Crippen molar-refractivity contribution in [2.24, 2.45) is 11.7 Å². The summed E-state index contributed by atoms with van der Waals surface area (Å²) in [5.41, 5.74) is 6.95. The van der Waals surface area contributed by atoms with Gasteiger partial charge in [0.25, 0.3) is 0 Å². The predicted octanol–water partition coefficient (Wildman–Crippen LogP) is 1.11. The van der Waals surface area contributed by atoms with Gasteiger partial charge in [0.05, 0.1) is 0 Å². The third kappa shape index (κ3) is 3.21. The lowest BCUT2D eigenvalue weighted by atomic mass is 10.1. The van der Waals surface area contributed by atoms with E-state index in [9.17, 15) is 0 Å². The highest BCUT2D eigenvalue weighted by Gasteiger charge is 2.19. The van der Waals surface area contributed by atoms with Crippen LogP contribution in [0.15, 0.2) is 18.3 Å². The van der Waals surface area contributed by atoms with Gasteiger partial charge >= 0.3 is 0 Å². The molecule has 4 nitrogen and oxygen atoms in total. The summed E-state index contributed by atoms with van der Waals surface area (Å²) < 4.78 is 0. The summed E-state index contributed by atoms with van der Waals surface area (Å²) in [4.78, 5) is 9.39. The molecule has 1 saturated heterocycles. The van der Waals surface area contributed by atoms with E-state index < -0.39 is 0 Å². The molecule has 1 aliphatic rings. The van der Waals surface area contributed by atoms with Crippen LogP contribution in [0.1, 0.15) is 12.5 Å². The zero-order valence-corrected chi connectivity index (χ0v) is 11.5. The largest absolute Gasteiger partial charge is 0.354 e. The summed E-state index contributed by atoms with van der Waals surface area (Å²) in [6.45, 7) is 10.6. The van der Waals surface area contributed by atoms with Gasteiger partial charge in [-0.2, -0.15) is 0 Å². The first kappa shape index (κ1) is 13.3. The number of hydrogen-bond donors (Lipinski definition) is 1. The van der Waals surface area contributed by atoms with E-state index in [-0.39, 0.29) is 0 Å². The topological polar surface area (TPSA) is 45.4 Å². The van der Waals surface area contributed by atoms with E-state index in [1.54, 1.807) is 0 Å². The molecule has 0 saturated carbocycles. The van der Waals surface area contributed by atoms with Crippen LogP contribution >= 0.6 is 0 Å². The molecule has 1 aromatic rings. The smallest absolute Gasteiger partial charge is 0.131 e. The summed E-state index contributed by atoms with van der Waals surface area (Å²) >= 11 is 0. The highest BCUT2D eigenvalue weighted by Crippen LogP contribution is 2.17. The minimum absolute atomic E-state index is 0.591. The number of aromatic nitrogens is 1. The standard InChI is InChI=1S/C14H24N4/c1-12(10-15)11-17-6-8-18(9-7-17)14-13(2)4-3-5-16-14/h3-5,12H,6-11,15H2,1-2H3. The number of rotatable bonds is 4. The van der Waals surface area contributed by atoms with Crippen molar-refractivity contribution in [2.45, 2.75) is 13.8 Å². The molecule has 0 amide bonds. The molecule has 1 unspecified atom stereocenters.